The molecule has 2 N–H and O–H groups in total. The topological polar surface area (TPSA) is 64.9 Å². The molecule has 1 heterocycles. The van der Waals surface area contributed by atoms with Crippen molar-refractivity contribution in [2.75, 3.05) is 13.1 Å². The second-order valence-corrected chi connectivity index (χ2v) is 4.95. The minimum absolute atomic E-state index is 0. The molecule has 4 nitrogen and oxygen atoms in total. The van der Waals surface area contributed by atoms with Crippen LogP contribution in [0.2, 0.25) is 0 Å². The molecule has 0 atom stereocenters. The average molecular weight is 280 g/mol. The number of nitrogens with zero attached hydrogens (tertiary/aromatic N) is 1. The van der Waals surface area contributed by atoms with Crippen LogP contribution < -0.4 is 10.6 Å². The molecule has 102 valence electrons. The van der Waals surface area contributed by atoms with E-state index in [1.54, 1.807) is 24.3 Å². The van der Waals surface area contributed by atoms with Gasteiger partial charge >= 0.3 is 0 Å². The Hall–Kier alpha value is -1.57. The van der Waals surface area contributed by atoms with Gasteiger partial charge in [-0.25, -0.2) is 0 Å². The van der Waals surface area contributed by atoms with Gasteiger partial charge in [0.1, 0.15) is 0 Å². The van der Waals surface area contributed by atoms with Crippen LogP contribution in [0.1, 0.15) is 35.7 Å². The molecule has 19 heavy (non-hydrogen) atoms. The molecule has 0 bridgehead atoms. The number of carbonyl (C=O) groups excluding carboxylic acids is 1. The molecule has 1 aliphatic rings. The first-order chi connectivity index (χ1) is 8.63. The van der Waals surface area contributed by atoms with Crippen LogP contribution in [0.4, 0.5) is 0 Å². The Morgan fingerprint density at radius 3 is 2.42 bits per heavy atom. The summed E-state index contributed by atoms with van der Waals surface area (Å²) in [6.45, 7) is 3.95. The summed E-state index contributed by atoms with van der Waals surface area (Å²) in [4.78, 5) is 12.1. The van der Waals surface area contributed by atoms with E-state index in [2.05, 4.69) is 17.6 Å². The maximum Gasteiger partial charge on any atom is 0.251 e. The van der Waals surface area contributed by atoms with E-state index in [0.717, 1.165) is 25.9 Å². The van der Waals surface area contributed by atoms with Crippen LogP contribution in [0.25, 0.3) is 0 Å². The fourth-order valence-electron chi connectivity index (χ4n) is 2.15. The highest BCUT2D eigenvalue weighted by atomic mass is 35.5. The number of hydrogen-bond donors (Lipinski definition) is 2. The van der Waals surface area contributed by atoms with Gasteiger partial charge in [-0.2, -0.15) is 5.26 Å². The SMILES string of the molecule is CC1(NC(=O)c2ccc(C#N)cc2)CCNCC1.Cl. The standard InChI is InChI=1S/C14H17N3O.ClH/c1-14(6-8-16-9-7-14)17-13(18)12-4-2-11(10-15)3-5-12;/h2-5,16H,6-9H2,1H3,(H,17,18);1H. The van der Waals surface area contributed by atoms with E-state index in [1.165, 1.54) is 0 Å². The van der Waals surface area contributed by atoms with E-state index in [1.807, 2.05) is 6.07 Å². The first kappa shape index (κ1) is 15.5. The monoisotopic (exact) mass is 279 g/mol. The molecule has 1 aromatic rings. The Balaban J connectivity index is 0.00000180. The first-order valence-electron chi connectivity index (χ1n) is 6.16. The molecule has 1 aliphatic heterocycles. The second kappa shape index (κ2) is 6.55. The van der Waals surface area contributed by atoms with Gasteiger partial charge in [0, 0.05) is 11.1 Å². The highest BCUT2D eigenvalue weighted by Gasteiger charge is 2.28. The summed E-state index contributed by atoms with van der Waals surface area (Å²) in [7, 11) is 0. The molecule has 5 heteroatoms. The molecule has 0 aliphatic carbocycles. The average Bonchev–Trinajstić information content (AvgIpc) is 2.39. The molecule has 0 unspecified atom stereocenters. The Bertz CT molecular complexity index is 472. The van der Waals surface area contributed by atoms with E-state index >= 15 is 0 Å². The van der Waals surface area contributed by atoms with Gasteiger partial charge in [0.2, 0.25) is 0 Å². The van der Waals surface area contributed by atoms with Crippen molar-refractivity contribution in [3.05, 3.63) is 35.4 Å². The molecule has 2 rings (SSSR count). The number of nitrogens with one attached hydrogen (secondary N) is 2. The number of halogens is 1. The molecule has 0 radical (unpaired) electrons. The fraction of sp³-hybridized carbons (Fsp3) is 0.429. The summed E-state index contributed by atoms with van der Waals surface area (Å²) in [6, 6.07) is 8.76. The second-order valence-electron chi connectivity index (χ2n) is 4.95. The summed E-state index contributed by atoms with van der Waals surface area (Å²) in [5.41, 5.74) is 1.05. The zero-order valence-corrected chi connectivity index (χ0v) is 11.7. The smallest absolute Gasteiger partial charge is 0.251 e. The minimum atomic E-state index is -0.129. The van der Waals surface area contributed by atoms with Gasteiger partial charge in [-0.3, -0.25) is 4.79 Å². The molecule has 1 saturated heterocycles. The van der Waals surface area contributed by atoms with Crippen molar-refractivity contribution in [1.82, 2.24) is 10.6 Å². The molecular weight excluding hydrogens is 262 g/mol. The zero-order chi connectivity index (χ0) is 13.0. The van der Waals surface area contributed by atoms with Gasteiger partial charge in [0.25, 0.3) is 5.91 Å². The van der Waals surface area contributed by atoms with Crippen molar-refractivity contribution in [2.45, 2.75) is 25.3 Å². The van der Waals surface area contributed by atoms with Crippen LogP contribution in [-0.2, 0) is 0 Å². The zero-order valence-electron chi connectivity index (χ0n) is 10.9. The van der Waals surface area contributed by atoms with Crippen molar-refractivity contribution >= 4 is 18.3 Å². The number of hydrogen-bond acceptors (Lipinski definition) is 3. The Morgan fingerprint density at radius 1 is 1.32 bits per heavy atom. The van der Waals surface area contributed by atoms with Gasteiger partial charge in [-0.05, 0) is 57.1 Å². The number of carbonyl (C=O) groups is 1. The summed E-state index contributed by atoms with van der Waals surface area (Å²) in [6.07, 6.45) is 1.88. The van der Waals surface area contributed by atoms with Crippen LogP contribution in [0.3, 0.4) is 0 Å². The van der Waals surface area contributed by atoms with Crippen LogP contribution in [0.5, 0.6) is 0 Å². The maximum absolute atomic E-state index is 12.1. The van der Waals surface area contributed by atoms with E-state index in [4.69, 9.17) is 5.26 Å². The number of amides is 1. The Morgan fingerprint density at radius 2 is 1.89 bits per heavy atom. The van der Waals surface area contributed by atoms with E-state index in [0.29, 0.717) is 11.1 Å². The summed E-state index contributed by atoms with van der Waals surface area (Å²) in [5.74, 6) is -0.0658. The number of piperidine rings is 1. The van der Waals surface area contributed by atoms with Crippen LogP contribution in [0, 0.1) is 11.3 Å². The van der Waals surface area contributed by atoms with Gasteiger partial charge in [0.15, 0.2) is 0 Å². The lowest BCUT2D eigenvalue weighted by Gasteiger charge is -2.35. The number of rotatable bonds is 2. The van der Waals surface area contributed by atoms with E-state index in [9.17, 15) is 4.79 Å². The molecule has 0 aromatic heterocycles. The largest absolute Gasteiger partial charge is 0.347 e. The van der Waals surface area contributed by atoms with Crippen molar-refractivity contribution in [1.29, 1.82) is 5.26 Å². The lowest BCUT2D eigenvalue weighted by Crippen LogP contribution is -2.52. The summed E-state index contributed by atoms with van der Waals surface area (Å²) < 4.78 is 0. The molecule has 1 fully saturated rings. The number of benzene rings is 1. The predicted octanol–water partition coefficient (Wildman–Crippen LogP) is 1.85. The highest BCUT2D eigenvalue weighted by Crippen LogP contribution is 2.18. The normalized spacial score (nSPS) is 16.8. The third-order valence-corrected chi connectivity index (χ3v) is 3.40. The molecule has 1 aromatic carbocycles. The lowest BCUT2D eigenvalue weighted by atomic mass is 9.90. The Labute approximate surface area is 119 Å². The van der Waals surface area contributed by atoms with E-state index < -0.39 is 0 Å². The van der Waals surface area contributed by atoms with E-state index in [-0.39, 0.29) is 23.9 Å². The quantitative estimate of drug-likeness (QED) is 0.868. The minimum Gasteiger partial charge on any atom is -0.347 e. The molecule has 0 saturated carbocycles. The van der Waals surface area contributed by atoms with Crippen molar-refractivity contribution < 1.29 is 4.79 Å². The van der Waals surface area contributed by atoms with Gasteiger partial charge in [-0.1, -0.05) is 0 Å². The summed E-state index contributed by atoms with van der Waals surface area (Å²) >= 11 is 0. The molecular formula is C14H18ClN3O. The van der Waals surface area contributed by atoms with Gasteiger partial charge in [0.05, 0.1) is 11.6 Å². The van der Waals surface area contributed by atoms with Gasteiger partial charge < -0.3 is 10.6 Å². The molecule has 0 spiro atoms. The van der Waals surface area contributed by atoms with Crippen molar-refractivity contribution in [2.24, 2.45) is 0 Å². The number of nitriles is 1. The Kier molecular flexibility index (Phi) is 5.34. The summed E-state index contributed by atoms with van der Waals surface area (Å²) in [5, 5.41) is 15.1. The third kappa shape index (κ3) is 3.95. The predicted molar refractivity (Wildman–Crippen MR) is 76.4 cm³/mol. The highest BCUT2D eigenvalue weighted by molar-refractivity contribution is 5.94. The molecule has 1 amide bonds. The maximum atomic E-state index is 12.1. The van der Waals surface area contributed by atoms with Gasteiger partial charge in [-0.15, -0.1) is 12.4 Å². The van der Waals surface area contributed by atoms with Crippen molar-refractivity contribution in [3.8, 4) is 6.07 Å². The lowest BCUT2D eigenvalue weighted by molar-refractivity contribution is 0.0887. The fourth-order valence-corrected chi connectivity index (χ4v) is 2.15. The van der Waals surface area contributed by atoms with Crippen LogP contribution in [-0.4, -0.2) is 24.5 Å². The van der Waals surface area contributed by atoms with Crippen LogP contribution in [0.15, 0.2) is 24.3 Å². The third-order valence-electron chi connectivity index (χ3n) is 3.40. The first-order valence-corrected chi connectivity index (χ1v) is 6.16. The van der Waals surface area contributed by atoms with Crippen molar-refractivity contribution in [3.63, 3.8) is 0 Å². The van der Waals surface area contributed by atoms with Crippen LogP contribution >= 0.6 is 12.4 Å².